The number of aliphatic hydroxyl groups is 1. The van der Waals surface area contributed by atoms with Crippen LogP contribution in [0.3, 0.4) is 0 Å². The van der Waals surface area contributed by atoms with Gasteiger partial charge in [0, 0.05) is 29.8 Å². The van der Waals surface area contributed by atoms with Gasteiger partial charge in [0.05, 0.1) is 12.7 Å². The molecule has 0 aliphatic heterocycles. The van der Waals surface area contributed by atoms with E-state index in [0.29, 0.717) is 36.2 Å². The summed E-state index contributed by atoms with van der Waals surface area (Å²) in [6.07, 6.45) is 7.40. The van der Waals surface area contributed by atoms with Crippen LogP contribution in [0, 0.1) is 18.3 Å². The summed E-state index contributed by atoms with van der Waals surface area (Å²) in [5, 5.41) is 11.2. The smallest absolute Gasteiger partial charge is 0.305 e. The molecule has 1 fully saturated rings. The van der Waals surface area contributed by atoms with E-state index in [-0.39, 0.29) is 17.3 Å². The highest BCUT2D eigenvalue weighted by molar-refractivity contribution is 8.00. The van der Waals surface area contributed by atoms with E-state index >= 15 is 0 Å². The molecule has 3 unspecified atom stereocenters. The summed E-state index contributed by atoms with van der Waals surface area (Å²) in [6, 6.07) is 8.54. The van der Waals surface area contributed by atoms with E-state index in [0.717, 1.165) is 44.9 Å². The monoisotopic (exact) mass is 462 g/mol. The lowest BCUT2D eigenvalue weighted by Crippen LogP contribution is -2.34. The van der Waals surface area contributed by atoms with Gasteiger partial charge in [0.15, 0.2) is 0 Å². The fourth-order valence-electron chi connectivity index (χ4n) is 4.44. The van der Waals surface area contributed by atoms with Gasteiger partial charge in [-0.2, -0.15) is 11.8 Å². The Morgan fingerprint density at radius 2 is 1.88 bits per heavy atom. The summed E-state index contributed by atoms with van der Waals surface area (Å²) in [5.74, 6) is 1.08. The van der Waals surface area contributed by atoms with Crippen LogP contribution in [0.15, 0.2) is 24.3 Å². The third-order valence-electron chi connectivity index (χ3n) is 6.64. The summed E-state index contributed by atoms with van der Waals surface area (Å²) in [6.45, 7) is 8.62. The number of thioether (sulfide) groups is 1. The Bertz CT molecular complexity index is 713. The number of carbonyl (C=O) groups excluding carboxylic acids is 2. The minimum atomic E-state index is -0.409. The third kappa shape index (κ3) is 8.90. The second kappa shape index (κ2) is 13.4. The predicted molar refractivity (Wildman–Crippen MR) is 133 cm³/mol. The third-order valence-corrected chi connectivity index (χ3v) is 8.14. The molecular weight excluding hydrogens is 420 g/mol. The van der Waals surface area contributed by atoms with Crippen molar-refractivity contribution in [2.24, 2.45) is 11.3 Å². The summed E-state index contributed by atoms with van der Waals surface area (Å²) in [5.41, 5.74) is 2.29. The van der Waals surface area contributed by atoms with Gasteiger partial charge in [0.25, 0.3) is 0 Å². The minimum Gasteiger partial charge on any atom is -0.466 e. The molecule has 32 heavy (non-hydrogen) atoms. The second-order valence-corrected chi connectivity index (χ2v) is 11.2. The number of Topliss-reactive ketones (excluding diaryl/α,β-unsaturated/α-hetero) is 1. The van der Waals surface area contributed by atoms with Crippen LogP contribution in [0.4, 0.5) is 0 Å². The summed E-state index contributed by atoms with van der Waals surface area (Å²) < 4.78 is 4.96. The first-order valence-corrected chi connectivity index (χ1v) is 13.3. The molecule has 0 radical (unpaired) electrons. The zero-order chi connectivity index (χ0) is 23.6. The second-order valence-electron chi connectivity index (χ2n) is 9.91. The molecule has 1 aliphatic carbocycles. The molecule has 1 N–H and O–H groups in total. The number of benzene rings is 1. The Hall–Kier alpha value is -1.33. The van der Waals surface area contributed by atoms with Crippen molar-refractivity contribution in [1.29, 1.82) is 0 Å². The predicted octanol–water partition coefficient (Wildman–Crippen LogP) is 5.91. The average Bonchev–Trinajstić information content (AvgIpc) is 3.10. The van der Waals surface area contributed by atoms with Gasteiger partial charge in [-0.05, 0) is 50.5 Å². The zero-order valence-electron chi connectivity index (χ0n) is 20.4. The van der Waals surface area contributed by atoms with Gasteiger partial charge in [-0.15, -0.1) is 0 Å². The van der Waals surface area contributed by atoms with Gasteiger partial charge in [-0.25, -0.2) is 0 Å². The largest absolute Gasteiger partial charge is 0.466 e. The molecule has 4 nitrogen and oxygen atoms in total. The normalized spacial score (nSPS) is 19.8. The molecule has 5 heteroatoms. The summed E-state index contributed by atoms with van der Waals surface area (Å²) >= 11 is 1.79. The number of ether oxygens (including phenoxy) is 1. The van der Waals surface area contributed by atoms with Gasteiger partial charge in [0.1, 0.15) is 5.78 Å². The number of carbonyl (C=O) groups is 2. The Labute approximate surface area is 198 Å². The summed E-state index contributed by atoms with van der Waals surface area (Å²) in [7, 11) is 0. The average molecular weight is 463 g/mol. The molecule has 0 heterocycles. The van der Waals surface area contributed by atoms with Gasteiger partial charge in [0.2, 0.25) is 0 Å². The highest BCUT2D eigenvalue weighted by Gasteiger charge is 2.36. The highest BCUT2D eigenvalue weighted by atomic mass is 32.2. The van der Waals surface area contributed by atoms with Gasteiger partial charge in [-0.3, -0.25) is 9.59 Å². The number of aryl methyl sites for hydroxylation is 1. The fourth-order valence-corrected chi connectivity index (χ4v) is 6.12. The van der Waals surface area contributed by atoms with Crippen LogP contribution in [0.5, 0.6) is 0 Å². The van der Waals surface area contributed by atoms with Crippen LogP contribution in [-0.4, -0.2) is 40.6 Å². The maximum atomic E-state index is 12.4. The van der Waals surface area contributed by atoms with Crippen molar-refractivity contribution in [3.05, 3.63) is 35.4 Å². The fraction of sp³-hybridized carbons (Fsp3) is 0.704. The Balaban J connectivity index is 1.73. The molecule has 1 aliphatic rings. The molecule has 0 saturated heterocycles. The number of unbranched alkanes of at least 4 members (excludes halogenated alkanes) is 3. The molecule has 1 aromatic rings. The van der Waals surface area contributed by atoms with E-state index in [1.54, 1.807) is 11.8 Å². The van der Waals surface area contributed by atoms with Crippen LogP contribution in [0.25, 0.3) is 0 Å². The van der Waals surface area contributed by atoms with Crippen molar-refractivity contribution < 1.29 is 19.4 Å². The Kier molecular flexibility index (Phi) is 11.3. The number of aliphatic hydroxyl groups excluding tert-OH is 1. The van der Waals surface area contributed by atoms with E-state index < -0.39 is 6.10 Å². The van der Waals surface area contributed by atoms with E-state index in [1.165, 1.54) is 11.1 Å². The molecule has 3 atom stereocenters. The Morgan fingerprint density at radius 1 is 1.19 bits per heavy atom. The SMILES string of the molecule is CCOC(=O)CCCCCCC1C(=O)CCC1SCC(O)C(C)(C)Cc1ccc(C)cc1. The number of hydrogen-bond acceptors (Lipinski definition) is 5. The molecule has 0 bridgehead atoms. The molecule has 1 aromatic carbocycles. The first-order valence-electron chi connectivity index (χ1n) is 12.3. The topological polar surface area (TPSA) is 63.6 Å². The van der Waals surface area contributed by atoms with Crippen molar-refractivity contribution in [2.75, 3.05) is 12.4 Å². The molecule has 1 saturated carbocycles. The van der Waals surface area contributed by atoms with Crippen LogP contribution < -0.4 is 0 Å². The molecule has 0 amide bonds. The molecule has 2 rings (SSSR count). The van der Waals surface area contributed by atoms with Crippen molar-refractivity contribution in [2.45, 2.75) is 96.8 Å². The first kappa shape index (κ1) is 26.9. The van der Waals surface area contributed by atoms with E-state index in [2.05, 4.69) is 45.0 Å². The lowest BCUT2D eigenvalue weighted by Gasteiger charge is -2.32. The molecular formula is C27H42O4S. The van der Waals surface area contributed by atoms with Crippen LogP contribution in [0.2, 0.25) is 0 Å². The van der Waals surface area contributed by atoms with Gasteiger partial charge < -0.3 is 9.84 Å². The maximum absolute atomic E-state index is 12.4. The first-order chi connectivity index (χ1) is 15.2. The van der Waals surface area contributed by atoms with Crippen molar-refractivity contribution in [3.63, 3.8) is 0 Å². The maximum Gasteiger partial charge on any atom is 0.305 e. The van der Waals surface area contributed by atoms with E-state index in [4.69, 9.17) is 4.74 Å². The van der Waals surface area contributed by atoms with Gasteiger partial charge >= 0.3 is 5.97 Å². The molecule has 0 spiro atoms. The highest BCUT2D eigenvalue weighted by Crippen LogP contribution is 2.38. The Morgan fingerprint density at radius 3 is 2.56 bits per heavy atom. The standard InChI is InChI=1S/C27H42O4S/c1-5-31-26(30)11-9-7-6-8-10-22-23(28)16-17-24(22)32-19-25(29)27(3,4)18-21-14-12-20(2)13-15-21/h12-15,22,24-25,29H,5-11,16-19H2,1-4H3. The van der Waals surface area contributed by atoms with Crippen LogP contribution >= 0.6 is 11.8 Å². The van der Waals surface area contributed by atoms with Crippen molar-refractivity contribution in [3.8, 4) is 0 Å². The quantitative estimate of drug-likeness (QED) is 0.275. The molecule has 0 aromatic heterocycles. The van der Waals surface area contributed by atoms with Crippen LogP contribution in [0.1, 0.15) is 83.3 Å². The van der Waals surface area contributed by atoms with E-state index in [1.807, 2.05) is 6.92 Å². The number of esters is 1. The lowest BCUT2D eigenvalue weighted by atomic mass is 9.81. The van der Waals surface area contributed by atoms with Crippen LogP contribution in [-0.2, 0) is 20.7 Å². The number of rotatable bonds is 14. The zero-order valence-corrected chi connectivity index (χ0v) is 21.2. The number of hydrogen-bond donors (Lipinski definition) is 1. The number of ketones is 1. The lowest BCUT2D eigenvalue weighted by molar-refractivity contribution is -0.143. The van der Waals surface area contributed by atoms with Crippen molar-refractivity contribution >= 4 is 23.5 Å². The van der Waals surface area contributed by atoms with E-state index in [9.17, 15) is 14.7 Å². The van der Waals surface area contributed by atoms with Gasteiger partial charge in [-0.1, -0.05) is 62.9 Å². The van der Waals surface area contributed by atoms with Crippen molar-refractivity contribution in [1.82, 2.24) is 0 Å². The minimum absolute atomic E-state index is 0.112. The summed E-state index contributed by atoms with van der Waals surface area (Å²) in [4.78, 5) is 23.8. The molecule has 180 valence electrons.